The van der Waals surface area contributed by atoms with E-state index in [4.69, 9.17) is 15.7 Å². The number of aryl methyl sites for hydroxylation is 1. The average molecular weight is 496 g/mol. The molecule has 0 amide bonds. The molecule has 37 heavy (non-hydrogen) atoms. The Morgan fingerprint density at radius 1 is 1.00 bits per heavy atom. The maximum Gasteiger partial charge on any atom is 0.227 e. The van der Waals surface area contributed by atoms with Crippen molar-refractivity contribution in [1.82, 2.24) is 19.9 Å². The summed E-state index contributed by atoms with van der Waals surface area (Å²) in [5, 5.41) is 4.37. The van der Waals surface area contributed by atoms with E-state index in [1.54, 1.807) is 0 Å². The summed E-state index contributed by atoms with van der Waals surface area (Å²) in [4.78, 5) is 19.0. The lowest BCUT2D eigenvalue weighted by Gasteiger charge is -2.35. The van der Waals surface area contributed by atoms with Gasteiger partial charge in [-0.05, 0) is 98.4 Å². The molecule has 7 nitrogen and oxygen atoms in total. The van der Waals surface area contributed by atoms with Gasteiger partial charge in [0.15, 0.2) is 0 Å². The Morgan fingerprint density at radius 2 is 1.78 bits per heavy atom. The minimum Gasteiger partial charge on any atom is -0.399 e. The smallest absolute Gasteiger partial charge is 0.227 e. The van der Waals surface area contributed by atoms with Crippen LogP contribution in [0.4, 0.5) is 23.1 Å². The molecule has 0 radical (unpaired) electrons. The number of nitrogen functional groups attached to an aromatic ring is 1. The molecule has 1 aliphatic heterocycles. The van der Waals surface area contributed by atoms with E-state index in [0.29, 0.717) is 17.9 Å². The highest BCUT2D eigenvalue weighted by Crippen LogP contribution is 2.33. The molecule has 5 rings (SSSR count). The molecule has 2 aromatic heterocycles. The van der Waals surface area contributed by atoms with Gasteiger partial charge in [-0.3, -0.25) is 0 Å². The van der Waals surface area contributed by atoms with Crippen LogP contribution in [-0.2, 0) is 0 Å². The first-order valence-electron chi connectivity index (χ1n) is 13.1. The zero-order chi connectivity index (χ0) is 26.1. The number of piperidine rings is 1. The van der Waals surface area contributed by atoms with Crippen molar-refractivity contribution >= 4 is 34.0 Å². The van der Waals surface area contributed by atoms with Crippen molar-refractivity contribution in [2.75, 3.05) is 43.1 Å². The Morgan fingerprint density at radius 3 is 2.46 bits per heavy atom. The second-order valence-electron chi connectivity index (χ2n) is 10.6. The molecule has 1 saturated heterocycles. The molecule has 3 N–H and O–H groups in total. The van der Waals surface area contributed by atoms with Crippen LogP contribution in [0.3, 0.4) is 0 Å². The fraction of sp³-hybridized carbons (Fsp3) is 0.367. The number of anilines is 4. The van der Waals surface area contributed by atoms with Crippen molar-refractivity contribution in [3.8, 4) is 11.1 Å². The number of nitrogens with zero attached hydrogens (tertiary/aromatic N) is 5. The zero-order valence-corrected chi connectivity index (χ0v) is 22.5. The summed E-state index contributed by atoms with van der Waals surface area (Å²) in [5.74, 6) is 1.90. The largest absolute Gasteiger partial charge is 0.399 e. The third-order valence-electron chi connectivity index (χ3n) is 7.43. The van der Waals surface area contributed by atoms with E-state index in [1.165, 1.54) is 11.1 Å². The fourth-order valence-electron chi connectivity index (χ4n) is 5.17. The molecule has 7 heteroatoms. The SMILES string of the molecule is Cc1ccc(N)cc1-c1cc(C(C)C)c2nc(Nc3ccc(N4CCC(N(C)C)CC4)nc3)ncc2c1. The van der Waals surface area contributed by atoms with Gasteiger partial charge in [-0.15, -0.1) is 0 Å². The summed E-state index contributed by atoms with van der Waals surface area (Å²) in [5.41, 5.74) is 13.4. The lowest BCUT2D eigenvalue weighted by atomic mass is 9.92. The van der Waals surface area contributed by atoms with E-state index in [9.17, 15) is 0 Å². The monoisotopic (exact) mass is 495 g/mol. The highest BCUT2D eigenvalue weighted by molar-refractivity contribution is 5.89. The van der Waals surface area contributed by atoms with Gasteiger partial charge in [-0.25, -0.2) is 15.0 Å². The minimum absolute atomic E-state index is 0.309. The van der Waals surface area contributed by atoms with E-state index in [2.05, 4.69) is 85.3 Å². The first-order valence-corrected chi connectivity index (χ1v) is 13.1. The number of benzene rings is 2. The summed E-state index contributed by atoms with van der Waals surface area (Å²) in [6.07, 6.45) is 6.10. The first kappa shape index (κ1) is 25.0. The Kier molecular flexibility index (Phi) is 6.98. The van der Waals surface area contributed by atoms with Crippen LogP contribution in [0.2, 0.25) is 0 Å². The van der Waals surface area contributed by atoms with Gasteiger partial charge in [0.25, 0.3) is 0 Å². The van der Waals surface area contributed by atoms with Crippen LogP contribution in [0.25, 0.3) is 22.0 Å². The maximum atomic E-state index is 6.09. The van der Waals surface area contributed by atoms with E-state index >= 15 is 0 Å². The summed E-state index contributed by atoms with van der Waals surface area (Å²) in [7, 11) is 4.33. The number of nitrogens with two attached hydrogens (primary N) is 1. The molecule has 0 atom stereocenters. The summed E-state index contributed by atoms with van der Waals surface area (Å²) >= 11 is 0. The Bertz CT molecular complexity index is 1390. The van der Waals surface area contributed by atoms with Gasteiger partial charge < -0.3 is 20.9 Å². The Labute approximate surface area is 219 Å². The number of rotatable bonds is 6. The summed E-state index contributed by atoms with van der Waals surface area (Å²) in [6.45, 7) is 8.58. The van der Waals surface area contributed by atoms with Gasteiger partial charge in [-0.2, -0.15) is 0 Å². The van der Waals surface area contributed by atoms with Crippen LogP contribution in [0.5, 0.6) is 0 Å². The van der Waals surface area contributed by atoms with Crippen LogP contribution in [-0.4, -0.2) is 53.1 Å². The molecule has 0 saturated carbocycles. The van der Waals surface area contributed by atoms with E-state index in [0.717, 1.165) is 65.2 Å². The topological polar surface area (TPSA) is 83.2 Å². The number of hydrogen-bond acceptors (Lipinski definition) is 7. The predicted octanol–water partition coefficient (Wildman–Crippen LogP) is 5.98. The van der Waals surface area contributed by atoms with Gasteiger partial charge in [-0.1, -0.05) is 19.9 Å². The lowest BCUT2D eigenvalue weighted by Crippen LogP contribution is -2.42. The molecule has 0 bridgehead atoms. The van der Waals surface area contributed by atoms with Crippen LogP contribution >= 0.6 is 0 Å². The van der Waals surface area contributed by atoms with E-state index in [1.807, 2.05) is 24.5 Å². The van der Waals surface area contributed by atoms with Crippen molar-refractivity contribution < 1.29 is 0 Å². The van der Waals surface area contributed by atoms with Gasteiger partial charge in [0.1, 0.15) is 5.82 Å². The molecule has 3 heterocycles. The molecular weight excluding hydrogens is 458 g/mol. The summed E-state index contributed by atoms with van der Waals surface area (Å²) < 4.78 is 0. The molecule has 1 aliphatic rings. The molecule has 2 aromatic carbocycles. The number of aromatic nitrogens is 3. The molecule has 192 valence electrons. The second-order valence-corrected chi connectivity index (χ2v) is 10.6. The molecule has 0 unspecified atom stereocenters. The predicted molar refractivity (Wildman–Crippen MR) is 155 cm³/mol. The van der Waals surface area contributed by atoms with Crippen LogP contribution < -0.4 is 16.0 Å². The van der Waals surface area contributed by atoms with Gasteiger partial charge in [0.2, 0.25) is 5.95 Å². The number of pyridine rings is 1. The quantitative estimate of drug-likeness (QED) is 0.318. The molecule has 4 aromatic rings. The normalized spacial score (nSPS) is 14.6. The van der Waals surface area contributed by atoms with E-state index in [-0.39, 0.29) is 0 Å². The molecule has 0 aliphatic carbocycles. The lowest BCUT2D eigenvalue weighted by molar-refractivity contribution is 0.249. The van der Waals surface area contributed by atoms with Crippen molar-refractivity contribution in [3.05, 3.63) is 66.0 Å². The number of fused-ring (bicyclic) bond motifs is 1. The van der Waals surface area contributed by atoms with Crippen molar-refractivity contribution in [3.63, 3.8) is 0 Å². The average Bonchev–Trinajstić information content (AvgIpc) is 2.90. The summed E-state index contributed by atoms with van der Waals surface area (Å²) in [6, 6.07) is 15.2. The highest BCUT2D eigenvalue weighted by Gasteiger charge is 2.21. The standard InChI is InChI=1S/C30H37N7/c1-19(2)26-15-21(27-16-23(31)7-6-20(27)3)14-22-17-33-30(35-29(22)26)34-24-8-9-28(32-18-24)37-12-10-25(11-13-37)36(4)5/h6-9,14-19,25H,10-13,31H2,1-5H3,(H,33,34,35). The Hall–Kier alpha value is -3.71. The second kappa shape index (κ2) is 10.3. The minimum atomic E-state index is 0.309. The zero-order valence-electron chi connectivity index (χ0n) is 22.5. The van der Waals surface area contributed by atoms with Crippen LogP contribution in [0.15, 0.2) is 54.9 Å². The highest BCUT2D eigenvalue weighted by atomic mass is 15.2. The van der Waals surface area contributed by atoms with E-state index < -0.39 is 0 Å². The molecular formula is C30H37N7. The fourth-order valence-corrected chi connectivity index (χ4v) is 5.17. The van der Waals surface area contributed by atoms with Crippen molar-refractivity contribution in [2.24, 2.45) is 0 Å². The number of hydrogen-bond donors (Lipinski definition) is 2. The van der Waals surface area contributed by atoms with Crippen LogP contribution in [0, 0.1) is 6.92 Å². The maximum absolute atomic E-state index is 6.09. The molecule has 1 fully saturated rings. The third kappa shape index (κ3) is 5.37. The Balaban J connectivity index is 1.38. The number of nitrogens with one attached hydrogen (secondary N) is 1. The first-order chi connectivity index (χ1) is 17.8. The van der Waals surface area contributed by atoms with Gasteiger partial charge in [0, 0.05) is 36.4 Å². The van der Waals surface area contributed by atoms with Crippen molar-refractivity contribution in [1.29, 1.82) is 0 Å². The van der Waals surface area contributed by atoms with Crippen LogP contribution in [0.1, 0.15) is 43.7 Å². The molecule has 0 spiro atoms. The van der Waals surface area contributed by atoms with Gasteiger partial charge in [0.05, 0.1) is 17.4 Å². The van der Waals surface area contributed by atoms with Crippen molar-refractivity contribution in [2.45, 2.75) is 45.6 Å². The third-order valence-corrected chi connectivity index (χ3v) is 7.43. The van der Waals surface area contributed by atoms with Gasteiger partial charge >= 0.3 is 0 Å².